The Hall–Kier alpha value is -3.83. The number of rotatable bonds is 3. The minimum absolute atomic E-state index is 0.176. The number of methoxy groups -OCH3 is 1. The first-order valence-electron chi connectivity index (χ1n) is 7.52. The molecule has 0 unspecified atom stereocenters. The Morgan fingerprint density at radius 2 is 1.56 bits per heavy atom. The van der Waals surface area contributed by atoms with Crippen molar-refractivity contribution in [2.75, 3.05) is 12.8 Å². The van der Waals surface area contributed by atoms with Gasteiger partial charge < -0.3 is 10.5 Å². The lowest BCUT2D eigenvalue weighted by molar-refractivity contribution is 0.415. The number of hydrogen-bond donors (Lipinski definition) is 1. The number of nitrogen functional groups attached to an aromatic ring is 1. The molecule has 0 aliphatic rings. The van der Waals surface area contributed by atoms with Gasteiger partial charge >= 0.3 is 0 Å². The molecule has 5 nitrogen and oxygen atoms in total. The molecular formula is C20H14N4O. The summed E-state index contributed by atoms with van der Waals surface area (Å²) >= 11 is 0. The quantitative estimate of drug-likeness (QED) is 0.790. The summed E-state index contributed by atoms with van der Waals surface area (Å²) in [5.74, 6) is 0.909. The zero-order valence-corrected chi connectivity index (χ0v) is 13.5. The zero-order valence-electron chi connectivity index (χ0n) is 13.5. The molecule has 3 rings (SSSR count). The van der Waals surface area contributed by atoms with Gasteiger partial charge in [0, 0.05) is 11.1 Å². The lowest BCUT2D eigenvalue weighted by Gasteiger charge is -2.11. The van der Waals surface area contributed by atoms with E-state index in [4.69, 9.17) is 15.7 Å². The molecule has 0 fully saturated rings. The van der Waals surface area contributed by atoms with Gasteiger partial charge in [0.2, 0.25) is 0 Å². The van der Waals surface area contributed by atoms with E-state index >= 15 is 0 Å². The highest BCUT2D eigenvalue weighted by molar-refractivity contribution is 5.80. The van der Waals surface area contributed by atoms with E-state index in [9.17, 15) is 5.26 Å². The van der Waals surface area contributed by atoms with Crippen molar-refractivity contribution >= 4 is 5.82 Å². The molecule has 0 saturated carbocycles. The van der Waals surface area contributed by atoms with Crippen LogP contribution in [0.4, 0.5) is 5.82 Å². The number of aromatic nitrogens is 1. The largest absolute Gasteiger partial charge is 0.497 e. The van der Waals surface area contributed by atoms with Gasteiger partial charge in [-0.1, -0.05) is 24.3 Å². The Morgan fingerprint density at radius 3 is 2.12 bits per heavy atom. The number of hydrogen-bond acceptors (Lipinski definition) is 5. The van der Waals surface area contributed by atoms with Crippen molar-refractivity contribution in [3.05, 3.63) is 65.7 Å². The van der Waals surface area contributed by atoms with E-state index in [1.165, 1.54) is 0 Å². The van der Waals surface area contributed by atoms with Crippen molar-refractivity contribution in [1.82, 2.24) is 4.98 Å². The molecule has 3 aromatic rings. The average molecular weight is 326 g/mol. The summed E-state index contributed by atoms with van der Waals surface area (Å²) in [5.41, 5.74) is 9.94. The van der Waals surface area contributed by atoms with Crippen molar-refractivity contribution in [2.24, 2.45) is 0 Å². The van der Waals surface area contributed by atoms with Gasteiger partial charge in [0.15, 0.2) is 0 Å². The predicted octanol–water partition coefficient (Wildman–Crippen LogP) is 3.75. The summed E-state index contributed by atoms with van der Waals surface area (Å²) in [7, 11) is 1.60. The normalized spacial score (nSPS) is 9.88. The highest BCUT2D eigenvalue weighted by atomic mass is 16.5. The number of pyridine rings is 1. The average Bonchev–Trinajstić information content (AvgIpc) is 2.67. The minimum atomic E-state index is 0.176. The van der Waals surface area contributed by atoms with Crippen LogP contribution in [0, 0.1) is 22.7 Å². The fourth-order valence-electron chi connectivity index (χ4n) is 2.54. The van der Waals surface area contributed by atoms with Crippen LogP contribution in [0.15, 0.2) is 54.6 Å². The maximum Gasteiger partial charge on any atom is 0.142 e. The molecule has 1 aromatic heterocycles. The lowest BCUT2D eigenvalue weighted by Crippen LogP contribution is -1.99. The van der Waals surface area contributed by atoms with E-state index < -0.39 is 0 Å². The third kappa shape index (κ3) is 3.12. The number of nitriles is 2. The molecule has 120 valence electrons. The molecule has 0 saturated heterocycles. The molecule has 0 atom stereocenters. The topological polar surface area (TPSA) is 95.7 Å². The van der Waals surface area contributed by atoms with E-state index in [1.54, 1.807) is 19.2 Å². The fourth-order valence-corrected chi connectivity index (χ4v) is 2.54. The smallest absolute Gasteiger partial charge is 0.142 e. The second-order valence-corrected chi connectivity index (χ2v) is 5.34. The molecule has 0 spiro atoms. The van der Waals surface area contributed by atoms with Crippen molar-refractivity contribution in [3.8, 4) is 40.3 Å². The van der Waals surface area contributed by atoms with E-state index in [0.717, 1.165) is 16.9 Å². The molecule has 0 bridgehead atoms. The Balaban J connectivity index is 2.14. The Morgan fingerprint density at radius 1 is 0.920 bits per heavy atom. The molecule has 0 aliphatic carbocycles. The monoisotopic (exact) mass is 326 g/mol. The van der Waals surface area contributed by atoms with Crippen molar-refractivity contribution in [3.63, 3.8) is 0 Å². The van der Waals surface area contributed by atoms with Gasteiger partial charge in [0.05, 0.1) is 24.4 Å². The second-order valence-electron chi connectivity index (χ2n) is 5.34. The first-order valence-corrected chi connectivity index (χ1v) is 7.52. The summed E-state index contributed by atoms with van der Waals surface area (Å²) in [6.45, 7) is 0. The predicted molar refractivity (Wildman–Crippen MR) is 95.5 cm³/mol. The van der Waals surface area contributed by atoms with Gasteiger partial charge in [0.25, 0.3) is 0 Å². The van der Waals surface area contributed by atoms with Crippen LogP contribution in [0.5, 0.6) is 5.75 Å². The minimum Gasteiger partial charge on any atom is -0.497 e. The lowest BCUT2D eigenvalue weighted by atomic mass is 9.98. The summed E-state index contributed by atoms with van der Waals surface area (Å²) < 4.78 is 5.17. The molecule has 25 heavy (non-hydrogen) atoms. The van der Waals surface area contributed by atoms with Crippen molar-refractivity contribution < 1.29 is 4.74 Å². The van der Waals surface area contributed by atoms with E-state index in [-0.39, 0.29) is 5.82 Å². The van der Waals surface area contributed by atoms with Gasteiger partial charge in [-0.05, 0) is 35.9 Å². The van der Waals surface area contributed by atoms with E-state index in [0.29, 0.717) is 22.4 Å². The number of nitrogens with two attached hydrogens (primary N) is 1. The highest BCUT2D eigenvalue weighted by Crippen LogP contribution is 2.32. The molecule has 0 amide bonds. The van der Waals surface area contributed by atoms with Crippen LogP contribution in [0.25, 0.3) is 22.4 Å². The van der Waals surface area contributed by atoms with Gasteiger partial charge in [-0.2, -0.15) is 10.5 Å². The number of benzene rings is 2. The van der Waals surface area contributed by atoms with Gasteiger partial charge in [-0.25, -0.2) is 4.98 Å². The maximum atomic E-state index is 9.46. The standard InChI is InChI=1S/C20H14N4O/c1-25-16-8-6-14(7-9-16)17-10-19(24-20(23)18(17)12-22)15-4-2-13(11-21)3-5-15/h2-10H,1H3,(H2,23,24). The summed E-state index contributed by atoms with van der Waals surface area (Å²) in [6, 6.07) is 20.5. The first kappa shape index (κ1) is 16.0. The van der Waals surface area contributed by atoms with Gasteiger partial charge in [-0.15, -0.1) is 0 Å². The maximum absolute atomic E-state index is 9.46. The third-order valence-corrected chi connectivity index (χ3v) is 3.87. The number of ether oxygens (including phenoxy) is 1. The Bertz CT molecular complexity index is 994. The van der Waals surface area contributed by atoms with Crippen molar-refractivity contribution in [2.45, 2.75) is 0 Å². The zero-order chi connectivity index (χ0) is 17.8. The van der Waals surface area contributed by atoms with Crippen LogP contribution >= 0.6 is 0 Å². The Kier molecular flexibility index (Phi) is 4.32. The highest BCUT2D eigenvalue weighted by Gasteiger charge is 2.13. The number of anilines is 1. The Labute approximate surface area is 145 Å². The summed E-state index contributed by atoms with van der Waals surface area (Å²) in [4.78, 5) is 4.34. The molecule has 1 heterocycles. The summed E-state index contributed by atoms with van der Waals surface area (Å²) in [6.07, 6.45) is 0. The molecule has 0 aliphatic heterocycles. The SMILES string of the molecule is COc1ccc(-c2cc(-c3ccc(C#N)cc3)nc(N)c2C#N)cc1. The third-order valence-electron chi connectivity index (χ3n) is 3.87. The van der Waals surface area contributed by atoms with Crippen molar-refractivity contribution in [1.29, 1.82) is 10.5 Å². The van der Waals surface area contributed by atoms with Crippen LogP contribution in [0.2, 0.25) is 0 Å². The summed E-state index contributed by atoms with van der Waals surface area (Å²) in [5, 5.41) is 18.4. The van der Waals surface area contributed by atoms with E-state index in [1.807, 2.05) is 42.5 Å². The van der Waals surface area contributed by atoms with Crippen LogP contribution in [-0.2, 0) is 0 Å². The second kappa shape index (κ2) is 6.74. The van der Waals surface area contributed by atoms with E-state index in [2.05, 4.69) is 17.1 Å². The van der Waals surface area contributed by atoms with Gasteiger partial charge in [0.1, 0.15) is 23.2 Å². The van der Waals surface area contributed by atoms with Gasteiger partial charge in [-0.3, -0.25) is 0 Å². The first-order chi connectivity index (χ1) is 12.2. The van der Waals surface area contributed by atoms with Crippen LogP contribution < -0.4 is 10.5 Å². The number of nitrogens with zero attached hydrogens (tertiary/aromatic N) is 3. The molecular weight excluding hydrogens is 312 g/mol. The fraction of sp³-hybridized carbons (Fsp3) is 0.0500. The molecule has 0 radical (unpaired) electrons. The molecule has 5 heteroatoms. The molecule has 2 aromatic carbocycles. The van der Waals surface area contributed by atoms with Crippen LogP contribution in [0.3, 0.4) is 0 Å². The van der Waals surface area contributed by atoms with Crippen LogP contribution in [-0.4, -0.2) is 12.1 Å². The van der Waals surface area contributed by atoms with Crippen LogP contribution in [0.1, 0.15) is 11.1 Å². The molecule has 2 N–H and O–H groups in total.